The lowest BCUT2D eigenvalue weighted by Crippen LogP contribution is -2.65. The molecule has 1 spiro atoms. The van der Waals surface area contributed by atoms with Gasteiger partial charge in [0.2, 0.25) is 6.29 Å². The third-order valence-electron chi connectivity index (χ3n) is 14.9. The van der Waals surface area contributed by atoms with Gasteiger partial charge in [0.1, 0.15) is 67.1 Å². The summed E-state index contributed by atoms with van der Waals surface area (Å²) in [5.41, 5.74) is -1.66. The van der Waals surface area contributed by atoms with E-state index in [9.17, 15) is 55.9 Å². The predicted molar refractivity (Wildman–Crippen MR) is 185 cm³/mol. The highest BCUT2D eigenvalue weighted by Crippen LogP contribution is 2.73. The number of esters is 1. The summed E-state index contributed by atoms with van der Waals surface area (Å²) in [4.78, 5) is 14.1. The summed E-state index contributed by atoms with van der Waals surface area (Å²) in [5, 5.41) is 104. The minimum Gasteiger partial charge on any atom is -0.432 e. The minimum atomic E-state index is -1.70. The molecule has 0 aromatic heterocycles. The van der Waals surface area contributed by atoms with Crippen molar-refractivity contribution in [3.63, 3.8) is 0 Å². The van der Waals surface area contributed by atoms with Crippen molar-refractivity contribution in [1.29, 1.82) is 0 Å². The number of rotatable bonds is 8. The Morgan fingerprint density at radius 1 is 0.727 bits per heavy atom. The van der Waals surface area contributed by atoms with E-state index in [1.807, 2.05) is 6.92 Å². The molecule has 0 amide bonds. The topological polar surface area (TPSA) is 275 Å². The summed E-state index contributed by atoms with van der Waals surface area (Å²) < 4.78 is 35.8. The van der Waals surface area contributed by atoms with Crippen LogP contribution in [0.15, 0.2) is 12.2 Å². The molecule has 4 saturated carbocycles. The first-order chi connectivity index (χ1) is 25.9. The van der Waals surface area contributed by atoms with E-state index in [4.69, 9.17) is 28.4 Å². The number of carbonyl (C=O) groups excluding carboxylic acids is 1. The molecule has 10 N–H and O–H groups in total. The lowest BCUT2D eigenvalue weighted by atomic mass is 9.41. The Bertz CT molecular complexity index is 1430. The highest BCUT2D eigenvalue weighted by Gasteiger charge is 2.69. The zero-order valence-corrected chi connectivity index (χ0v) is 31.6. The van der Waals surface area contributed by atoms with Gasteiger partial charge < -0.3 is 79.5 Å². The van der Waals surface area contributed by atoms with Crippen LogP contribution < -0.4 is 0 Å². The molecule has 3 heterocycles. The van der Waals surface area contributed by atoms with Crippen LogP contribution in [0.1, 0.15) is 78.6 Å². The maximum absolute atomic E-state index is 14.1. The second-order valence-electron chi connectivity index (χ2n) is 18.0. The van der Waals surface area contributed by atoms with Crippen molar-refractivity contribution in [3.8, 4) is 0 Å². The molecule has 0 aromatic carbocycles. The molecule has 17 nitrogen and oxygen atoms in total. The van der Waals surface area contributed by atoms with Crippen LogP contribution in [0, 0.1) is 28.1 Å². The monoisotopic (exact) mass is 788 g/mol. The first-order valence-electron chi connectivity index (χ1n) is 19.7. The first kappa shape index (κ1) is 41.8. The Kier molecular flexibility index (Phi) is 11.4. The van der Waals surface area contributed by atoms with Gasteiger partial charge in [-0.3, -0.25) is 4.79 Å². The molecule has 55 heavy (non-hydrogen) atoms. The van der Waals surface area contributed by atoms with Crippen molar-refractivity contribution < 1.29 is 84.3 Å². The molecule has 0 radical (unpaired) electrons. The van der Waals surface area contributed by atoms with Gasteiger partial charge >= 0.3 is 5.97 Å². The van der Waals surface area contributed by atoms with Crippen molar-refractivity contribution in [2.24, 2.45) is 28.1 Å². The van der Waals surface area contributed by atoms with Crippen molar-refractivity contribution in [3.05, 3.63) is 12.2 Å². The van der Waals surface area contributed by atoms with Crippen molar-refractivity contribution in [2.45, 2.75) is 176 Å². The molecule has 3 saturated heterocycles. The molecular formula is C38H60O17. The Hall–Kier alpha value is -1.39. The largest absolute Gasteiger partial charge is 0.432 e. The Balaban J connectivity index is 1.10. The van der Waals surface area contributed by atoms with Crippen molar-refractivity contribution >= 4 is 5.97 Å². The fraction of sp³-hybridized carbons (Fsp3) is 0.921. The standard InChI is InChI=1S/C38H60O17/c1-16-12-37-10-6-20-35(3,8-5-9-36(20,4)34(49)54-32-29(48)26(45)23(42)18(13-39)51-32)21(37)7-11-38(16,15-37)55-33-30(27(46)24(43)19(14-40)52-33)53-31-28(47)25(44)22(41)17(2)50-31/h17-33,39-48H,1,5-15H2,2-4H3/t17?,18?,19?,20?,21-,22?,23?,24?,25?,26?,27?,28?,29?,30?,31?,32?,33?,35+,36+,37?,38?/m0/s1. The summed E-state index contributed by atoms with van der Waals surface area (Å²) >= 11 is 0. The maximum atomic E-state index is 14.1. The summed E-state index contributed by atoms with van der Waals surface area (Å²) in [6.07, 6.45) is -16.2. The molecule has 3 aliphatic heterocycles. The number of ether oxygens (including phenoxy) is 6. The minimum absolute atomic E-state index is 0.108. The Morgan fingerprint density at radius 2 is 1.33 bits per heavy atom. The number of carbonyl (C=O) groups is 1. The van der Waals surface area contributed by atoms with Crippen molar-refractivity contribution in [1.82, 2.24) is 0 Å². The van der Waals surface area contributed by atoms with Gasteiger partial charge in [0, 0.05) is 0 Å². The van der Waals surface area contributed by atoms with E-state index in [-0.39, 0.29) is 22.7 Å². The van der Waals surface area contributed by atoms with Crippen LogP contribution in [-0.4, -0.2) is 168 Å². The van der Waals surface area contributed by atoms with Gasteiger partial charge in [0.15, 0.2) is 12.6 Å². The van der Waals surface area contributed by atoms with Crippen LogP contribution in [-0.2, 0) is 33.2 Å². The normalized spacial score (nSPS) is 55.4. The second kappa shape index (κ2) is 15.0. The molecule has 314 valence electrons. The number of aliphatic hydroxyl groups is 10. The molecule has 7 rings (SSSR count). The van der Waals surface area contributed by atoms with E-state index in [2.05, 4.69) is 13.5 Å². The highest BCUT2D eigenvalue weighted by atomic mass is 16.8. The average molecular weight is 789 g/mol. The molecule has 7 aliphatic rings. The van der Waals surface area contributed by atoms with Crippen LogP contribution in [0.5, 0.6) is 0 Å². The molecular weight excluding hydrogens is 728 g/mol. The van der Waals surface area contributed by atoms with Crippen LogP contribution in [0.25, 0.3) is 0 Å². The summed E-state index contributed by atoms with van der Waals surface area (Å²) in [7, 11) is 0. The van der Waals surface area contributed by atoms with Gasteiger partial charge in [-0.25, -0.2) is 0 Å². The van der Waals surface area contributed by atoms with Crippen LogP contribution in [0.2, 0.25) is 0 Å². The molecule has 17 heteroatoms. The predicted octanol–water partition coefficient (Wildman–Crippen LogP) is -1.91. The smallest absolute Gasteiger partial charge is 0.314 e. The third kappa shape index (κ3) is 6.63. The van der Waals surface area contributed by atoms with Crippen LogP contribution in [0.3, 0.4) is 0 Å². The molecule has 18 unspecified atom stereocenters. The molecule has 2 bridgehead atoms. The first-order valence-corrected chi connectivity index (χ1v) is 19.7. The zero-order valence-electron chi connectivity index (χ0n) is 31.6. The Labute approximate surface area is 319 Å². The average Bonchev–Trinajstić information content (AvgIpc) is 3.35. The highest BCUT2D eigenvalue weighted by molar-refractivity contribution is 5.77. The number of fused-ring (bicyclic) bond motifs is 3. The van der Waals surface area contributed by atoms with E-state index >= 15 is 0 Å². The van der Waals surface area contributed by atoms with Gasteiger partial charge in [-0.1, -0.05) is 19.9 Å². The van der Waals surface area contributed by atoms with E-state index in [0.717, 1.165) is 24.8 Å². The zero-order chi connectivity index (χ0) is 40.0. The lowest BCUT2D eigenvalue weighted by molar-refractivity contribution is -0.376. The SMILES string of the molecule is C=C1CC23CCC4[C@](C)(C(=O)OC5OC(CO)C(O)C(O)C5O)CCC[C@@]4(C)[C@@H]2CCC1(OC1OC(CO)C(O)C(O)C1OC1OC(C)C(O)C(O)C1O)C3. The van der Waals surface area contributed by atoms with Crippen LogP contribution >= 0.6 is 0 Å². The number of aliphatic hydroxyl groups excluding tert-OH is 10. The van der Waals surface area contributed by atoms with E-state index in [1.165, 1.54) is 6.92 Å². The van der Waals surface area contributed by atoms with Gasteiger partial charge in [0.05, 0.1) is 30.3 Å². The van der Waals surface area contributed by atoms with E-state index in [0.29, 0.717) is 38.5 Å². The lowest BCUT2D eigenvalue weighted by Gasteiger charge is -2.64. The van der Waals surface area contributed by atoms with E-state index < -0.39 is 122 Å². The molecule has 0 aromatic rings. The summed E-state index contributed by atoms with van der Waals surface area (Å²) in [6.45, 7) is 8.81. The summed E-state index contributed by atoms with van der Waals surface area (Å²) in [6, 6.07) is 0. The van der Waals surface area contributed by atoms with Crippen molar-refractivity contribution in [2.75, 3.05) is 13.2 Å². The quantitative estimate of drug-likeness (QED) is 0.0730. The van der Waals surface area contributed by atoms with E-state index in [1.54, 1.807) is 0 Å². The van der Waals surface area contributed by atoms with Gasteiger partial charge in [0.25, 0.3) is 0 Å². The van der Waals surface area contributed by atoms with Gasteiger partial charge in [-0.2, -0.15) is 0 Å². The molecule has 21 atom stereocenters. The Morgan fingerprint density at radius 3 is 2.00 bits per heavy atom. The maximum Gasteiger partial charge on any atom is 0.314 e. The number of hydrogen-bond acceptors (Lipinski definition) is 17. The summed E-state index contributed by atoms with van der Waals surface area (Å²) in [5.74, 6) is -0.536. The van der Waals surface area contributed by atoms with Gasteiger partial charge in [-0.05, 0) is 93.5 Å². The van der Waals surface area contributed by atoms with Gasteiger partial charge in [-0.15, -0.1) is 0 Å². The molecule has 4 aliphatic carbocycles. The van der Waals surface area contributed by atoms with Crippen LogP contribution in [0.4, 0.5) is 0 Å². The fourth-order valence-electron chi connectivity index (χ4n) is 12.0. The number of hydrogen-bond donors (Lipinski definition) is 10. The molecule has 7 fully saturated rings. The second-order valence-corrected chi connectivity index (χ2v) is 18.0. The third-order valence-corrected chi connectivity index (χ3v) is 14.9. The fourth-order valence-corrected chi connectivity index (χ4v) is 12.0.